The van der Waals surface area contributed by atoms with Crippen LogP contribution in [-0.4, -0.2) is 42.7 Å². The Morgan fingerprint density at radius 3 is 2.80 bits per heavy atom. The number of rotatable bonds is 5. The van der Waals surface area contributed by atoms with Gasteiger partial charge in [-0.3, -0.25) is 4.79 Å². The average Bonchev–Trinajstić information content (AvgIpc) is 2.52. The quantitative estimate of drug-likeness (QED) is 0.764. The molecule has 6 nitrogen and oxygen atoms in total. The minimum absolute atomic E-state index is 0.00824. The van der Waals surface area contributed by atoms with Gasteiger partial charge < -0.3 is 14.4 Å². The van der Waals surface area contributed by atoms with Crippen molar-refractivity contribution >= 4 is 11.8 Å². The Morgan fingerprint density at radius 2 is 2.15 bits per heavy atom. The Labute approximate surface area is 119 Å². The molecule has 0 saturated carbocycles. The Morgan fingerprint density at radius 1 is 1.40 bits per heavy atom. The summed E-state index contributed by atoms with van der Waals surface area (Å²) in [4.78, 5) is 22.0. The lowest BCUT2D eigenvalue weighted by atomic mass is 9.97. The summed E-state index contributed by atoms with van der Waals surface area (Å²) < 4.78 is 10.3. The van der Waals surface area contributed by atoms with Gasteiger partial charge in [0, 0.05) is 19.2 Å². The molecule has 6 heteroatoms. The Kier molecular flexibility index (Phi) is 5.15. The van der Waals surface area contributed by atoms with Crippen molar-refractivity contribution in [3.05, 3.63) is 12.4 Å². The summed E-state index contributed by atoms with van der Waals surface area (Å²) in [6.45, 7) is 4.30. The number of hydrogen-bond donors (Lipinski definition) is 0. The normalized spacial score (nSPS) is 16.0. The van der Waals surface area contributed by atoms with Gasteiger partial charge in [0.25, 0.3) is 0 Å². The van der Waals surface area contributed by atoms with Crippen molar-refractivity contribution in [1.82, 2.24) is 9.97 Å². The van der Waals surface area contributed by atoms with E-state index in [0.717, 1.165) is 38.2 Å². The molecule has 1 aliphatic rings. The molecule has 0 radical (unpaired) electrons. The van der Waals surface area contributed by atoms with Gasteiger partial charge in [0.1, 0.15) is 12.1 Å². The molecular formula is C14H21N3O3. The standard InChI is InChI=1S/C14H21N3O3/c1-3-8-20-13-9-12(15-10-16-13)17-6-4-11(5-7-17)14(18)19-2/h9-11H,3-8H2,1-2H3. The summed E-state index contributed by atoms with van der Waals surface area (Å²) in [5.74, 6) is 1.36. The van der Waals surface area contributed by atoms with Crippen LogP contribution in [0, 0.1) is 5.92 Å². The molecule has 2 rings (SSSR count). The van der Waals surface area contributed by atoms with Crippen LogP contribution in [0.2, 0.25) is 0 Å². The minimum atomic E-state index is -0.112. The van der Waals surface area contributed by atoms with Crippen LogP contribution in [0.1, 0.15) is 26.2 Å². The van der Waals surface area contributed by atoms with Gasteiger partial charge in [-0.05, 0) is 19.3 Å². The lowest BCUT2D eigenvalue weighted by Crippen LogP contribution is -2.37. The predicted molar refractivity (Wildman–Crippen MR) is 74.8 cm³/mol. The smallest absolute Gasteiger partial charge is 0.308 e. The maximum atomic E-state index is 11.5. The number of hydrogen-bond acceptors (Lipinski definition) is 6. The maximum Gasteiger partial charge on any atom is 0.308 e. The monoisotopic (exact) mass is 279 g/mol. The summed E-state index contributed by atoms with van der Waals surface area (Å²) in [6, 6.07) is 1.86. The van der Waals surface area contributed by atoms with Crippen LogP contribution in [0.15, 0.2) is 12.4 Å². The number of aromatic nitrogens is 2. The van der Waals surface area contributed by atoms with Crippen LogP contribution in [0.5, 0.6) is 5.88 Å². The van der Waals surface area contributed by atoms with Gasteiger partial charge in [0.2, 0.25) is 5.88 Å². The average molecular weight is 279 g/mol. The summed E-state index contributed by atoms with van der Waals surface area (Å²) in [7, 11) is 1.44. The SMILES string of the molecule is CCCOc1cc(N2CCC(C(=O)OC)CC2)ncn1. The van der Waals surface area contributed by atoms with Crippen molar-refractivity contribution in [1.29, 1.82) is 0 Å². The van der Waals surface area contributed by atoms with Gasteiger partial charge in [-0.25, -0.2) is 9.97 Å². The molecule has 0 amide bonds. The zero-order chi connectivity index (χ0) is 14.4. The molecule has 110 valence electrons. The molecule has 1 fully saturated rings. The van der Waals surface area contributed by atoms with Gasteiger partial charge in [-0.15, -0.1) is 0 Å². The second-order valence-corrected chi connectivity index (χ2v) is 4.85. The van der Waals surface area contributed by atoms with Gasteiger partial charge in [0.15, 0.2) is 0 Å². The van der Waals surface area contributed by atoms with Crippen LogP contribution in [0.3, 0.4) is 0 Å². The largest absolute Gasteiger partial charge is 0.478 e. The van der Waals surface area contributed by atoms with Crippen LogP contribution in [0.25, 0.3) is 0 Å². The number of carbonyl (C=O) groups excluding carboxylic acids is 1. The van der Waals surface area contributed by atoms with Crippen molar-refractivity contribution in [2.75, 3.05) is 31.7 Å². The molecular weight excluding hydrogens is 258 g/mol. The molecule has 1 saturated heterocycles. The summed E-state index contributed by atoms with van der Waals surface area (Å²) in [5.41, 5.74) is 0. The van der Waals surface area contributed by atoms with Crippen LogP contribution >= 0.6 is 0 Å². The van der Waals surface area contributed by atoms with Crippen molar-refractivity contribution in [3.8, 4) is 5.88 Å². The third-order valence-electron chi connectivity index (χ3n) is 3.44. The molecule has 1 aliphatic heterocycles. The zero-order valence-corrected chi connectivity index (χ0v) is 12.0. The van der Waals surface area contributed by atoms with Crippen molar-refractivity contribution in [2.24, 2.45) is 5.92 Å². The first-order valence-electron chi connectivity index (χ1n) is 7.02. The fourth-order valence-electron chi connectivity index (χ4n) is 2.30. The summed E-state index contributed by atoms with van der Waals surface area (Å²) >= 11 is 0. The lowest BCUT2D eigenvalue weighted by molar-refractivity contribution is -0.146. The summed E-state index contributed by atoms with van der Waals surface area (Å²) in [5, 5.41) is 0. The number of esters is 1. The van der Waals surface area contributed by atoms with Gasteiger partial charge >= 0.3 is 5.97 Å². The molecule has 0 unspecified atom stereocenters. The topological polar surface area (TPSA) is 64.5 Å². The molecule has 0 N–H and O–H groups in total. The fourth-order valence-corrected chi connectivity index (χ4v) is 2.30. The first-order valence-corrected chi connectivity index (χ1v) is 7.02. The van der Waals surface area contributed by atoms with E-state index in [1.54, 1.807) is 0 Å². The molecule has 0 spiro atoms. The lowest BCUT2D eigenvalue weighted by Gasteiger charge is -2.31. The number of piperidine rings is 1. The highest BCUT2D eigenvalue weighted by Crippen LogP contribution is 2.24. The fraction of sp³-hybridized carbons (Fsp3) is 0.643. The highest BCUT2D eigenvalue weighted by molar-refractivity contribution is 5.72. The van der Waals surface area contributed by atoms with E-state index in [4.69, 9.17) is 9.47 Å². The maximum absolute atomic E-state index is 11.5. The van der Waals surface area contributed by atoms with Crippen molar-refractivity contribution < 1.29 is 14.3 Å². The number of ether oxygens (including phenoxy) is 2. The first-order chi connectivity index (χ1) is 9.74. The Balaban J connectivity index is 1.94. The highest BCUT2D eigenvalue weighted by atomic mass is 16.5. The second kappa shape index (κ2) is 7.07. The van der Waals surface area contributed by atoms with Crippen LogP contribution in [0.4, 0.5) is 5.82 Å². The number of carbonyl (C=O) groups is 1. The summed E-state index contributed by atoms with van der Waals surface area (Å²) in [6.07, 6.45) is 4.06. The number of methoxy groups -OCH3 is 1. The van der Waals surface area contributed by atoms with E-state index < -0.39 is 0 Å². The van der Waals surface area contributed by atoms with Gasteiger partial charge in [-0.1, -0.05) is 6.92 Å². The third kappa shape index (κ3) is 3.59. The van der Waals surface area contributed by atoms with Gasteiger partial charge in [0.05, 0.1) is 19.6 Å². The molecule has 1 aromatic rings. The molecule has 0 aromatic carbocycles. The van der Waals surface area contributed by atoms with E-state index in [9.17, 15) is 4.79 Å². The molecule has 0 atom stereocenters. The first kappa shape index (κ1) is 14.6. The second-order valence-electron chi connectivity index (χ2n) is 4.85. The molecule has 2 heterocycles. The van der Waals surface area contributed by atoms with Crippen molar-refractivity contribution in [2.45, 2.75) is 26.2 Å². The van der Waals surface area contributed by atoms with E-state index in [1.807, 2.05) is 6.07 Å². The highest BCUT2D eigenvalue weighted by Gasteiger charge is 2.26. The molecule has 0 bridgehead atoms. The molecule has 20 heavy (non-hydrogen) atoms. The number of nitrogens with zero attached hydrogens (tertiary/aromatic N) is 3. The van der Waals surface area contributed by atoms with Crippen LogP contribution in [-0.2, 0) is 9.53 Å². The van der Waals surface area contributed by atoms with E-state index in [-0.39, 0.29) is 11.9 Å². The minimum Gasteiger partial charge on any atom is -0.478 e. The predicted octanol–water partition coefficient (Wildman–Crippen LogP) is 1.65. The van der Waals surface area contributed by atoms with Crippen LogP contribution < -0.4 is 9.64 Å². The van der Waals surface area contributed by atoms with E-state index in [0.29, 0.717) is 12.5 Å². The Hall–Kier alpha value is -1.85. The molecule has 1 aromatic heterocycles. The van der Waals surface area contributed by atoms with E-state index in [1.165, 1.54) is 13.4 Å². The third-order valence-corrected chi connectivity index (χ3v) is 3.44. The van der Waals surface area contributed by atoms with Gasteiger partial charge in [-0.2, -0.15) is 0 Å². The Bertz CT molecular complexity index is 445. The van der Waals surface area contributed by atoms with Crippen molar-refractivity contribution in [3.63, 3.8) is 0 Å². The van der Waals surface area contributed by atoms with E-state index in [2.05, 4.69) is 21.8 Å². The molecule has 0 aliphatic carbocycles. The zero-order valence-electron chi connectivity index (χ0n) is 12.0. The van der Waals surface area contributed by atoms with E-state index >= 15 is 0 Å². The number of anilines is 1.